The van der Waals surface area contributed by atoms with Gasteiger partial charge in [-0.3, -0.25) is 4.79 Å². The number of benzene rings is 1. The van der Waals surface area contributed by atoms with Gasteiger partial charge >= 0.3 is 13.2 Å². The summed E-state index contributed by atoms with van der Waals surface area (Å²) >= 11 is 0. The predicted molar refractivity (Wildman–Crippen MR) is 116 cm³/mol. The fourth-order valence-electron chi connectivity index (χ4n) is 3.89. The first kappa shape index (κ1) is 23.3. The van der Waals surface area contributed by atoms with E-state index in [4.69, 9.17) is 0 Å². The van der Waals surface area contributed by atoms with E-state index in [0.717, 1.165) is 6.42 Å². The number of nitrogens with zero attached hydrogens (tertiary/aromatic N) is 3. The number of hydrogen-bond donors (Lipinski definition) is 4. The number of methoxy groups -OCH3 is 1. The van der Waals surface area contributed by atoms with E-state index in [9.17, 15) is 24.9 Å². The number of carbonyl (C=O) groups excluding carboxylic acids is 2. The number of alkyl carbamates (subject to hydrolysis) is 1. The Labute approximate surface area is 186 Å². The molecule has 1 saturated heterocycles. The standard InChI is InChI=1S/C21H26BN5O5/c1-12(2)18(26-21(29)32-3)20(28)27-8-4-5-17(27)19-24-11-16(25-19)15-7-6-14(22(30)31)9-13(15)10-23/h6-7,9,11-12,17-18,30-31H,4-5,8H2,1-3H3,(H,24,25)(H,26,29)/t17-,18?/m0/s1. The Balaban J connectivity index is 1.86. The van der Waals surface area contributed by atoms with Crippen molar-refractivity contribution in [3.8, 4) is 17.3 Å². The van der Waals surface area contributed by atoms with Gasteiger partial charge in [-0.05, 0) is 30.3 Å². The summed E-state index contributed by atoms with van der Waals surface area (Å²) in [5, 5.41) is 30.8. The normalized spacial score (nSPS) is 16.5. The molecule has 1 aliphatic rings. The molecule has 168 valence electrons. The van der Waals surface area contributed by atoms with Crippen molar-refractivity contribution in [3.05, 3.63) is 35.8 Å². The highest BCUT2D eigenvalue weighted by Gasteiger charge is 2.37. The highest BCUT2D eigenvalue weighted by molar-refractivity contribution is 6.58. The lowest BCUT2D eigenvalue weighted by molar-refractivity contribution is -0.135. The molecule has 0 spiro atoms. The van der Waals surface area contributed by atoms with E-state index in [2.05, 4.69) is 26.1 Å². The number of aromatic nitrogens is 2. The van der Waals surface area contributed by atoms with Crippen LogP contribution in [0.1, 0.15) is 44.1 Å². The zero-order valence-corrected chi connectivity index (χ0v) is 18.2. The molecule has 0 aliphatic carbocycles. The molecule has 0 saturated carbocycles. The van der Waals surface area contributed by atoms with Crippen molar-refractivity contribution in [2.75, 3.05) is 13.7 Å². The number of nitrogens with one attached hydrogen (secondary N) is 2. The van der Waals surface area contributed by atoms with Crippen LogP contribution < -0.4 is 10.8 Å². The van der Waals surface area contributed by atoms with Crippen LogP contribution in [0, 0.1) is 17.2 Å². The summed E-state index contributed by atoms with van der Waals surface area (Å²) in [7, 11) is -0.414. The number of imidazole rings is 1. The van der Waals surface area contributed by atoms with Gasteiger partial charge < -0.3 is 30.0 Å². The molecule has 11 heteroatoms. The molecular weight excluding hydrogens is 413 g/mol. The molecule has 2 aromatic rings. The second kappa shape index (κ2) is 9.85. The summed E-state index contributed by atoms with van der Waals surface area (Å²) < 4.78 is 4.66. The van der Waals surface area contributed by atoms with Gasteiger partial charge in [0.2, 0.25) is 5.91 Å². The third-order valence-corrected chi connectivity index (χ3v) is 5.59. The van der Waals surface area contributed by atoms with Crippen molar-refractivity contribution in [1.82, 2.24) is 20.2 Å². The number of aromatic amines is 1. The molecule has 1 aromatic carbocycles. The average molecular weight is 439 g/mol. The molecule has 1 fully saturated rings. The van der Waals surface area contributed by atoms with Crippen LogP contribution in [0.15, 0.2) is 24.4 Å². The van der Waals surface area contributed by atoms with Crippen LogP contribution in [0.2, 0.25) is 0 Å². The van der Waals surface area contributed by atoms with Crippen LogP contribution in [0.5, 0.6) is 0 Å². The molecule has 10 nitrogen and oxygen atoms in total. The van der Waals surface area contributed by atoms with Gasteiger partial charge in [0.1, 0.15) is 11.9 Å². The second-order valence-corrected chi connectivity index (χ2v) is 8.02. The largest absolute Gasteiger partial charge is 0.488 e. The first-order valence-electron chi connectivity index (χ1n) is 10.4. The number of hydrogen-bond acceptors (Lipinski definition) is 7. The van der Waals surface area contributed by atoms with Crippen LogP contribution >= 0.6 is 0 Å². The smallest absolute Gasteiger partial charge is 0.453 e. The van der Waals surface area contributed by atoms with Crippen LogP contribution in [0.4, 0.5) is 4.79 Å². The van der Waals surface area contributed by atoms with Crippen LogP contribution in [0.25, 0.3) is 11.3 Å². The third-order valence-electron chi connectivity index (χ3n) is 5.59. The number of nitriles is 1. The van der Waals surface area contributed by atoms with Gasteiger partial charge in [0.05, 0.1) is 36.7 Å². The van der Waals surface area contributed by atoms with Crippen molar-refractivity contribution < 1.29 is 24.4 Å². The molecule has 1 aromatic heterocycles. The lowest BCUT2D eigenvalue weighted by Crippen LogP contribution is -2.51. The second-order valence-electron chi connectivity index (χ2n) is 8.02. The summed E-state index contributed by atoms with van der Waals surface area (Å²) in [5.74, 6) is 0.250. The van der Waals surface area contributed by atoms with Gasteiger partial charge in [0, 0.05) is 12.1 Å². The number of likely N-dealkylation sites (tertiary alicyclic amines) is 1. The number of ether oxygens (including phenoxy) is 1. The van der Waals surface area contributed by atoms with E-state index in [1.807, 2.05) is 13.8 Å². The van der Waals surface area contributed by atoms with Crippen molar-refractivity contribution in [1.29, 1.82) is 5.26 Å². The van der Waals surface area contributed by atoms with Gasteiger partial charge in [-0.2, -0.15) is 5.26 Å². The van der Waals surface area contributed by atoms with Gasteiger partial charge in [0.25, 0.3) is 0 Å². The maximum Gasteiger partial charge on any atom is 0.488 e. The topological polar surface area (TPSA) is 152 Å². The van der Waals surface area contributed by atoms with Crippen LogP contribution in [0.3, 0.4) is 0 Å². The van der Waals surface area contributed by atoms with E-state index in [-0.39, 0.29) is 28.9 Å². The number of H-pyrrole nitrogens is 1. The fourth-order valence-corrected chi connectivity index (χ4v) is 3.89. The molecule has 32 heavy (non-hydrogen) atoms. The van der Waals surface area contributed by atoms with Gasteiger partial charge in [-0.1, -0.05) is 26.0 Å². The van der Waals surface area contributed by atoms with E-state index in [1.165, 1.54) is 19.2 Å². The maximum absolute atomic E-state index is 13.2. The maximum atomic E-state index is 13.2. The van der Waals surface area contributed by atoms with Gasteiger partial charge in [0.15, 0.2) is 0 Å². The third kappa shape index (κ3) is 4.76. The quantitative estimate of drug-likeness (QED) is 0.483. The minimum Gasteiger partial charge on any atom is -0.453 e. The minimum absolute atomic E-state index is 0.131. The Bertz CT molecular complexity index is 1030. The first-order chi connectivity index (χ1) is 15.3. The van der Waals surface area contributed by atoms with Crippen molar-refractivity contribution >= 4 is 24.6 Å². The van der Waals surface area contributed by atoms with E-state index < -0.39 is 19.3 Å². The Morgan fingerprint density at radius 1 is 1.41 bits per heavy atom. The summed E-state index contributed by atoms with van der Waals surface area (Å²) in [5.41, 5.74) is 1.64. The van der Waals surface area contributed by atoms with Gasteiger partial charge in [-0.25, -0.2) is 9.78 Å². The summed E-state index contributed by atoms with van der Waals surface area (Å²) in [6.07, 6.45) is 2.44. The fraction of sp³-hybridized carbons (Fsp3) is 0.429. The van der Waals surface area contributed by atoms with E-state index in [0.29, 0.717) is 30.0 Å². The molecule has 2 heterocycles. The lowest BCUT2D eigenvalue weighted by atomic mass is 9.79. The zero-order valence-electron chi connectivity index (χ0n) is 18.2. The number of rotatable bonds is 6. The van der Waals surface area contributed by atoms with Crippen molar-refractivity contribution in [3.63, 3.8) is 0 Å². The molecule has 1 aliphatic heterocycles. The zero-order chi connectivity index (χ0) is 23.4. The molecular formula is C21H26BN5O5. The molecule has 0 radical (unpaired) electrons. The molecule has 0 bridgehead atoms. The van der Waals surface area contributed by atoms with Crippen LogP contribution in [-0.4, -0.2) is 63.7 Å². The number of carbonyl (C=O) groups is 2. The SMILES string of the molecule is COC(=O)NC(C(=O)N1CCC[C@H]1c1ncc(-c2ccc(B(O)O)cc2C#N)[nH]1)C(C)C. The summed E-state index contributed by atoms with van der Waals surface area (Å²) in [4.78, 5) is 34.3. The Kier molecular flexibility index (Phi) is 7.17. The van der Waals surface area contributed by atoms with Crippen LogP contribution in [-0.2, 0) is 9.53 Å². The van der Waals surface area contributed by atoms with Crippen molar-refractivity contribution in [2.24, 2.45) is 5.92 Å². The molecule has 3 rings (SSSR count). The van der Waals surface area contributed by atoms with Gasteiger partial charge in [-0.15, -0.1) is 0 Å². The highest BCUT2D eigenvalue weighted by Crippen LogP contribution is 2.33. The number of amides is 2. The Morgan fingerprint density at radius 3 is 2.78 bits per heavy atom. The molecule has 2 amide bonds. The Morgan fingerprint density at radius 2 is 2.16 bits per heavy atom. The predicted octanol–water partition coefficient (Wildman–Crippen LogP) is 0.672. The average Bonchev–Trinajstić information content (AvgIpc) is 3.45. The first-order valence-corrected chi connectivity index (χ1v) is 10.4. The Hall–Kier alpha value is -3.36. The monoisotopic (exact) mass is 439 g/mol. The van der Waals surface area contributed by atoms with Crippen molar-refractivity contribution in [2.45, 2.75) is 38.8 Å². The molecule has 2 atom stereocenters. The minimum atomic E-state index is -1.67. The highest BCUT2D eigenvalue weighted by atomic mass is 16.5. The summed E-state index contributed by atoms with van der Waals surface area (Å²) in [6, 6.07) is 5.61. The van der Waals surface area contributed by atoms with E-state index in [1.54, 1.807) is 17.2 Å². The summed E-state index contributed by atoms with van der Waals surface area (Å²) in [6.45, 7) is 4.24. The molecule has 4 N–H and O–H groups in total. The molecule has 1 unspecified atom stereocenters. The lowest BCUT2D eigenvalue weighted by Gasteiger charge is -2.30. The van der Waals surface area contributed by atoms with E-state index >= 15 is 0 Å².